The quantitative estimate of drug-likeness (QED) is 0.507. The van der Waals surface area contributed by atoms with Gasteiger partial charge in [-0.2, -0.15) is 0 Å². The molecule has 0 aliphatic carbocycles. The Labute approximate surface area is 117 Å². The first kappa shape index (κ1) is 13.7. The van der Waals surface area contributed by atoms with Crippen LogP contribution in [0.4, 0.5) is 11.4 Å². The number of carbonyl (C=O) groups excluding carboxylic acids is 1. The minimum atomic E-state index is -0.115. The Morgan fingerprint density at radius 1 is 1.10 bits per heavy atom. The third-order valence-electron chi connectivity index (χ3n) is 2.88. The van der Waals surface area contributed by atoms with Crippen molar-refractivity contribution < 1.29 is 9.53 Å². The molecule has 0 saturated carbocycles. The number of rotatable bonds is 4. The van der Waals surface area contributed by atoms with E-state index in [1.54, 1.807) is 36.4 Å². The fourth-order valence-corrected chi connectivity index (χ4v) is 1.76. The molecule has 0 amide bonds. The van der Waals surface area contributed by atoms with Crippen molar-refractivity contribution in [2.24, 2.45) is 0 Å². The first-order chi connectivity index (χ1) is 9.60. The monoisotopic (exact) mass is 268 g/mol. The van der Waals surface area contributed by atoms with Crippen LogP contribution in [0.15, 0.2) is 48.5 Å². The molecule has 0 saturated heterocycles. The summed E-state index contributed by atoms with van der Waals surface area (Å²) in [7, 11) is 1.54. The Kier molecular flexibility index (Phi) is 4.05. The number of nitrogen functional groups attached to an aromatic ring is 2. The van der Waals surface area contributed by atoms with Gasteiger partial charge in [0, 0.05) is 11.3 Å². The number of ketones is 1. The average molecular weight is 268 g/mol. The molecular weight excluding hydrogens is 252 g/mol. The summed E-state index contributed by atoms with van der Waals surface area (Å²) in [5.74, 6) is 0.445. The molecule has 0 aromatic heterocycles. The Morgan fingerprint density at radius 3 is 2.40 bits per heavy atom. The van der Waals surface area contributed by atoms with Crippen molar-refractivity contribution in [3.63, 3.8) is 0 Å². The second-order valence-electron chi connectivity index (χ2n) is 4.32. The molecule has 0 radical (unpaired) electrons. The average Bonchev–Trinajstić information content (AvgIpc) is 2.46. The third-order valence-corrected chi connectivity index (χ3v) is 2.88. The first-order valence-corrected chi connectivity index (χ1v) is 6.11. The van der Waals surface area contributed by atoms with E-state index in [1.807, 2.05) is 12.1 Å². The SMILES string of the molecule is COc1ccc(C(=O)/C=C/c2ccc(N)cc2)cc1N. The molecule has 4 N–H and O–H groups in total. The lowest BCUT2D eigenvalue weighted by molar-refractivity contribution is 0.104. The van der Waals surface area contributed by atoms with Gasteiger partial charge in [-0.25, -0.2) is 0 Å². The molecule has 0 aliphatic heterocycles. The maximum Gasteiger partial charge on any atom is 0.185 e. The van der Waals surface area contributed by atoms with Crippen molar-refractivity contribution >= 4 is 23.2 Å². The van der Waals surface area contributed by atoms with E-state index in [2.05, 4.69) is 0 Å². The molecule has 0 unspecified atom stereocenters. The van der Waals surface area contributed by atoms with E-state index in [-0.39, 0.29) is 5.78 Å². The highest BCUT2D eigenvalue weighted by atomic mass is 16.5. The van der Waals surface area contributed by atoms with Crippen molar-refractivity contribution in [2.45, 2.75) is 0 Å². The van der Waals surface area contributed by atoms with Crippen LogP contribution in [-0.4, -0.2) is 12.9 Å². The summed E-state index contributed by atoms with van der Waals surface area (Å²) in [4.78, 5) is 12.0. The van der Waals surface area contributed by atoms with Gasteiger partial charge in [-0.15, -0.1) is 0 Å². The number of allylic oxidation sites excluding steroid dienone is 1. The standard InChI is InChI=1S/C16H16N2O2/c1-20-16-9-5-12(10-14(16)18)15(19)8-4-11-2-6-13(17)7-3-11/h2-10H,17-18H2,1H3/b8-4+. The van der Waals surface area contributed by atoms with Crippen LogP contribution in [0.3, 0.4) is 0 Å². The lowest BCUT2D eigenvalue weighted by Crippen LogP contribution is -1.98. The van der Waals surface area contributed by atoms with E-state index in [9.17, 15) is 4.79 Å². The molecule has 0 aliphatic rings. The second kappa shape index (κ2) is 5.93. The molecule has 102 valence electrons. The van der Waals surface area contributed by atoms with Gasteiger partial charge in [-0.3, -0.25) is 4.79 Å². The first-order valence-electron chi connectivity index (χ1n) is 6.11. The molecule has 2 aromatic carbocycles. The van der Waals surface area contributed by atoms with Crippen molar-refractivity contribution in [3.05, 3.63) is 59.7 Å². The summed E-state index contributed by atoms with van der Waals surface area (Å²) in [6.45, 7) is 0. The molecule has 0 spiro atoms. The van der Waals surface area contributed by atoms with Crippen LogP contribution in [0.5, 0.6) is 5.75 Å². The van der Waals surface area contributed by atoms with Gasteiger partial charge in [-0.1, -0.05) is 18.2 Å². The van der Waals surface area contributed by atoms with Crippen LogP contribution in [0, 0.1) is 0 Å². The summed E-state index contributed by atoms with van der Waals surface area (Å²) in [5, 5.41) is 0. The van der Waals surface area contributed by atoms with Gasteiger partial charge in [0.05, 0.1) is 12.8 Å². The number of ether oxygens (including phenoxy) is 1. The molecule has 0 heterocycles. The van der Waals surface area contributed by atoms with E-state index < -0.39 is 0 Å². The highest BCUT2D eigenvalue weighted by molar-refractivity contribution is 6.07. The molecule has 20 heavy (non-hydrogen) atoms. The topological polar surface area (TPSA) is 78.3 Å². The van der Waals surface area contributed by atoms with E-state index in [0.717, 1.165) is 5.56 Å². The zero-order valence-corrected chi connectivity index (χ0v) is 11.2. The molecule has 0 bridgehead atoms. The largest absolute Gasteiger partial charge is 0.495 e. The number of benzene rings is 2. The number of nitrogens with two attached hydrogens (primary N) is 2. The van der Waals surface area contributed by atoms with E-state index in [1.165, 1.54) is 13.2 Å². The van der Waals surface area contributed by atoms with E-state index in [4.69, 9.17) is 16.2 Å². The van der Waals surface area contributed by atoms with Crippen LogP contribution in [0.2, 0.25) is 0 Å². The Bertz CT molecular complexity index is 646. The predicted molar refractivity (Wildman–Crippen MR) is 81.6 cm³/mol. The number of anilines is 2. The molecule has 2 aromatic rings. The fourth-order valence-electron chi connectivity index (χ4n) is 1.76. The number of hydrogen-bond acceptors (Lipinski definition) is 4. The second-order valence-corrected chi connectivity index (χ2v) is 4.32. The van der Waals surface area contributed by atoms with Crippen LogP contribution >= 0.6 is 0 Å². The number of carbonyl (C=O) groups is 1. The van der Waals surface area contributed by atoms with E-state index >= 15 is 0 Å². The zero-order chi connectivity index (χ0) is 14.5. The number of hydrogen-bond donors (Lipinski definition) is 2. The van der Waals surface area contributed by atoms with Crippen LogP contribution in [0.1, 0.15) is 15.9 Å². The van der Waals surface area contributed by atoms with E-state index in [0.29, 0.717) is 22.7 Å². The maximum absolute atomic E-state index is 12.0. The van der Waals surface area contributed by atoms with Crippen LogP contribution < -0.4 is 16.2 Å². The van der Waals surface area contributed by atoms with Gasteiger partial charge in [-0.05, 0) is 42.0 Å². The van der Waals surface area contributed by atoms with Crippen molar-refractivity contribution in [1.82, 2.24) is 0 Å². The maximum atomic E-state index is 12.0. The van der Waals surface area contributed by atoms with Gasteiger partial charge < -0.3 is 16.2 Å². The lowest BCUT2D eigenvalue weighted by Gasteiger charge is -2.05. The minimum Gasteiger partial charge on any atom is -0.495 e. The minimum absolute atomic E-state index is 0.115. The molecule has 4 nitrogen and oxygen atoms in total. The molecule has 4 heteroatoms. The van der Waals surface area contributed by atoms with Gasteiger partial charge >= 0.3 is 0 Å². The van der Waals surface area contributed by atoms with Crippen molar-refractivity contribution in [3.8, 4) is 5.75 Å². The zero-order valence-electron chi connectivity index (χ0n) is 11.2. The normalized spacial score (nSPS) is 10.7. The molecular formula is C16H16N2O2. The van der Waals surface area contributed by atoms with Crippen molar-refractivity contribution in [1.29, 1.82) is 0 Å². The predicted octanol–water partition coefficient (Wildman–Crippen LogP) is 2.76. The Morgan fingerprint density at radius 2 is 1.80 bits per heavy atom. The van der Waals surface area contributed by atoms with Gasteiger partial charge in [0.15, 0.2) is 5.78 Å². The van der Waals surface area contributed by atoms with Crippen LogP contribution in [-0.2, 0) is 0 Å². The molecule has 0 fully saturated rings. The van der Waals surface area contributed by atoms with Crippen LogP contribution in [0.25, 0.3) is 6.08 Å². The smallest absolute Gasteiger partial charge is 0.185 e. The summed E-state index contributed by atoms with van der Waals surface area (Å²) in [6.07, 6.45) is 3.25. The summed E-state index contributed by atoms with van der Waals surface area (Å²) < 4.78 is 5.05. The van der Waals surface area contributed by atoms with Gasteiger partial charge in [0.1, 0.15) is 5.75 Å². The van der Waals surface area contributed by atoms with Gasteiger partial charge in [0.25, 0.3) is 0 Å². The van der Waals surface area contributed by atoms with Gasteiger partial charge in [0.2, 0.25) is 0 Å². The number of methoxy groups -OCH3 is 1. The summed E-state index contributed by atoms with van der Waals surface area (Å²) >= 11 is 0. The molecule has 0 atom stereocenters. The third kappa shape index (κ3) is 3.17. The fraction of sp³-hybridized carbons (Fsp3) is 0.0625. The molecule has 2 rings (SSSR count). The Hall–Kier alpha value is -2.75. The Balaban J connectivity index is 2.15. The highest BCUT2D eigenvalue weighted by Crippen LogP contribution is 2.22. The lowest BCUT2D eigenvalue weighted by atomic mass is 10.1. The van der Waals surface area contributed by atoms with Crippen molar-refractivity contribution in [2.75, 3.05) is 18.6 Å². The summed E-state index contributed by atoms with van der Waals surface area (Å²) in [6, 6.07) is 12.2. The summed E-state index contributed by atoms with van der Waals surface area (Å²) in [5.41, 5.74) is 13.9. The highest BCUT2D eigenvalue weighted by Gasteiger charge is 2.05.